The Bertz CT molecular complexity index is 999. The maximum absolute atomic E-state index is 13.5. The maximum atomic E-state index is 13.5. The van der Waals surface area contributed by atoms with Gasteiger partial charge < -0.3 is 9.64 Å². The first-order chi connectivity index (χ1) is 13.9. The fraction of sp³-hybridized carbons (Fsp3) is 0.409. The largest absolute Gasteiger partial charge is 0.373 e. The standard InChI is InChI=1S/C22H24BrClFN3O/c1-14(18-11-16(24)12-19-20(18)26-27-21(19)23)29-13-22(7-9-28(2)10-8-22)15-3-5-17(25)6-4-15/h3-6,11-12,14H,7-10,13H2,1-2H3,(H,26,27). The lowest BCUT2D eigenvalue weighted by Crippen LogP contribution is -2.44. The number of halogens is 3. The van der Waals surface area contributed by atoms with Crippen molar-refractivity contribution in [2.45, 2.75) is 31.3 Å². The summed E-state index contributed by atoms with van der Waals surface area (Å²) in [6.07, 6.45) is 1.78. The van der Waals surface area contributed by atoms with Gasteiger partial charge in [0, 0.05) is 21.4 Å². The summed E-state index contributed by atoms with van der Waals surface area (Å²) in [5.74, 6) is -0.211. The summed E-state index contributed by atoms with van der Waals surface area (Å²) >= 11 is 9.80. The molecule has 0 saturated carbocycles. The molecule has 0 radical (unpaired) electrons. The zero-order valence-electron chi connectivity index (χ0n) is 16.5. The van der Waals surface area contributed by atoms with Gasteiger partial charge in [-0.05, 0) is 85.7 Å². The zero-order chi connectivity index (χ0) is 20.6. The van der Waals surface area contributed by atoms with Gasteiger partial charge in [0.05, 0.1) is 18.2 Å². The van der Waals surface area contributed by atoms with Crippen LogP contribution in [0.3, 0.4) is 0 Å². The number of ether oxygens (including phenoxy) is 1. The highest BCUT2D eigenvalue weighted by molar-refractivity contribution is 9.10. The number of hydrogen-bond acceptors (Lipinski definition) is 3. The van der Waals surface area contributed by atoms with Crippen molar-refractivity contribution >= 4 is 38.4 Å². The van der Waals surface area contributed by atoms with Gasteiger partial charge in [-0.3, -0.25) is 5.10 Å². The number of rotatable bonds is 5. The molecule has 1 unspecified atom stereocenters. The van der Waals surface area contributed by atoms with Crippen LogP contribution in [0.15, 0.2) is 41.0 Å². The molecule has 7 heteroatoms. The van der Waals surface area contributed by atoms with Crippen LogP contribution in [0, 0.1) is 5.82 Å². The summed E-state index contributed by atoms with van der Waals surface area (Å²) in [6.45, 7) is 4.58. The van der Waals surface area contributed by atoms with E-state index in [1.54, 1.807) is 12.1 Å². The van der Waals surface area contributed by atoms with E-state index in [0.29, 0.717) is 11.6 Å². The zero-order valence-corrected chi connectivity index (χ0v) is 18.9. The van der Waals surface area contributed by atoms with Gasteiger partial charge >= 0.3 is 0 Å². The summed E-state index contributed by atoms with van der Waals surface area (Å²) in [4.78, 5) is 2.33. The topological polar surface area (TPSA) is 41.1 Å². The molecule has 29 heavy (non-hydrogen) atoms. The first kappa shape index (κ1) is 20.8. The third kappa shape index (κ3) is 4.22. The molecule has 0 spiro atoms. The first-order valence-corrected chi connectivity index (χ1v) is 10.9. The fourth-order valence-corrected chi connectivity index (χ4v) is 4.77. The van der Waals surface area contributed by atoms with Crippen molar-refractivity contribution in [3.05, 3.63) is 63.0 Å². The number of aromatic amines is 1. The monoisotopic (exact) mass is 479 g/mol. The molecule has 0 aliphatic carbocycles. The van der Waals surface area contributed by atoms with Crippen LogP contribution in [0.2, 0.25) is 5.02 Å². The van der Waals surface area contributed by atoms with Gasteiger partial charge in [0.1, 0.15) is 10.4 Å². The van der Waals surface area contributed by atoms with Gasteiger partial charge in [-0.1, -0.05) is 23.7 Å². The average molecular weight is 481 g/mol. The molecule has 3 aromatic rings. The van der Waals surface area contributed by atoms with Crippen molar-refractivity contribution in [3.63, 3.8) is 0 Å². The minimum absolute atomic E-state index is 0.124. The van der Waals surface area contributed by atoms with Crippen molar-refractivity contribution in [1.29, 1.82) is 0 Å². The Morgan fingerprint density at radius 2 is 1.97 bits per heavy atom. The molecule has 1 N–H and O–H groups in total. The molecular formula is C22H24BrClFN3O. The summed E-state index contributed by atoms with van der Waals surface area (Å²) in [5.41, 5.74) is 2.92. The quantitative estimate of drug-likeness (QED) is 0.497. The average Bonchev–Trinajstić information content (AvgIpc) is 3.08. The van der Waals surface area contributed by atoms with E-state index in [-0.39, 0.29) is 17.3 Å². The second kappa shape index (κ2) is 8.34. The third-order valence-corrected chi connectivity index (χ3v) is 6.89. The van der Waals surface area contributed by atoms with Crippen LogP contribution in [0.5, 0.6) is 0 Å². The Morgan fingerprint density at radius 1 is 1.28 bits per heavy atom. The number of aromatic nitrogens is 2. The van der Waals surface area contributed by atoms with Crippen molar-refractivity contribution in [1.82, 2.24) is 15.1 Å². The Morgan fingerprint density at radius 3 is 2.66 bits per heavy atom. The number of H-pyrrole nitrogens is 1. The second-order valence-corrected chi connectivity index (χ2v) is 9.16. The van der Waals surface area contributed by atoms with E-state index in [0.717, 1.165) is 52.6 Å². The van der Waals surface area contributed by atoms with E-state index in [4.69, 9.17) is 16.3 Å². The lowest BCUT2D eigenvalue weighted by molar-refractivity contribution is 0.00696. The van der Waals surface area contributed by atoms with Crippen LogP contribution in [-0.2, 0) is 10.2 Å². The van der Waals surface area contributed by atoms with E-state index in [1.165, 1.54) is 0 Å². The van der Waals surface area contributed by atoms with E-state index in [1.807, 2.05) is 31.2 Å². The third-order valence-electron chi connectivity index (χ3n) is 6.07. The van der Waals surface area contributed by atoms with E-state index in [9.17, 15) is 4.39 Å². The molecule has 1 aliphatic rings. The van der Waals surface area contributed by atoms with Crippen molar-refractivity contribution in [2.24, 2.45) is 0 Å². The predicted molar refractivity (Wildman–Crippen MR) is 118 cm³/mol. The smallest absolute Gasteiger partial charge is 0.135 e. The normalized spacial score (nSPS) is 18.2. The molecule has 2 heterocycles. The van der Waals surface area contributed by atoms with Crippen molar-refractivity contribution < 1.29 is 9.13 Å². The number of fused-ring (bicyclic) bond motifs is 1. The molecular weight excluding hydrogens is 457 g/mol. The highest BCUT2D eigenvalue weighted by Gasteiger charge is 2.36. The maximum Gasteiger partial charge on any atom is 0.135 e. The molecule has 4 nitrogen and oxygen atoms in total. The Kier molecular flexibility index (Phi) is 5.98. The molecule has 1 fully saturated rings. The van der Waals surface area contributed by atoms with Gasteiger partial charge in [-0.2, -0.15) is 5.10 Å². The van der Waals surface area contributed by atoms with Crippen LogP contribution >= 0.6 is 27.5 Å². The second-order valence-electron chi connectivity index (χ2n) is 7.98. The summed E-state index contributed by atoms with van der Waals surface area (Å²) in [6, 6.07) is 10.7. The first-order valence-electron chi connectivity index (χ1n) is 9.77. The molecule has 4 rings (SSSR count). The molecule has 1 atom stereocenters. The van der Waals surface area contributed by atoms with Gasteiger partial charge in [-0.15, -0.1) is 0 Å². The van der Waals surface area contributed by atoms with Crippen LogP contribution in [0.25, 0.3) is 10.9 Å². The van der Waals surface area contributed by atoms with Crippen LogP contribution < -0.4 is 0 Å². The van der Waals surface area contributed by atoms with E-state index in [2.05, 4.69) is 38.1 Å². The molecule has 1 saturated heterocycles. The van der Waals surface area contributed by atoms with Crippen LogP contribution in [0.4, 0.5) is 4.39 Å². The lowest BCUT2D eigenvalue weighted by Gasteiger charge is -2.41. The van der Waals surface area contributed by atoms with Crippen LogP contribution in [-0.4, -0.2) is 41.8 Å². The Labute approximate surface area is 183 Å². The minimum Gasteiger partial charge on any atom is -0.373 e. The van der Waals surface area contributed by atoms with Gasteiger partial charge in [-0.25, -0.2) is 4.39 Å². The Balaban J connectivity index is 1.60. The van der Waals surface area contributed by atoms with E-state index >= 15 is 0 Å². The number of nitrogens with one attached hydrogen (secondary N) is 1. The van der Waals surface area contributed by atoms with Gasteiger partial charge in [0.15, 0.2) is 0 Å². The molecule has 0 amide bonds. The van der Waals surface area contributed by atoms with Crippen LogP contribution in [0.1, 0.15) is 37.0 Å². The van der Waals surface area contributed by atoms with Crippen molar-refractivity contribution in [3.8, 4) is 0 Å². The molecule has 2 aromatic carbocycles. The van der Waals surface area contributed by atoms with Gasteiger partial charge in [0.25, 0.3) is 0 Å². The van der Waals surface area contributed by atoms with Gasteiger partial charge in [0.2, 0.25) is 0 Å². The molecule has 1 aliphatic heterocycles. The summed E-state index contributed by atoms with van der Waals surface area (Å²) in [7, 11) is 2.14. The fourth-order valence-electron chi connectivity index (χ4n) is 4.14. The highest BCUT2D eigenvalue weighted by atomic mass is 79.9. The summed E-state index contributed by atoms with van der Waals surface area (Å²) < 4.78 is 20.7. The number of benzene rings is 2. The highest BCUT2D eigenvalue weighted by Crippen LogP contribution is 2.38. The SMILES string of the molecule is CC(OCC1(c2ccc(F)cc2)CCN(C)CC1)c1cc(Cl)cc2c(Br)n[nH]c12. The minimum atomic E-state index is -0.211. The molecule has 1 aromatic heterocycles. The number of piperidine rings is 1. The Hall–Kier alpha value is -1.47. The number of likely N-dealkylation sites (tertiary alicyclic amines) is 1. The molecule has 154 valence electrons. The van der Waals surface area contributed by atoms with E-state index < -0.39 is 0 Å². The molecule has 0 bridgehead atoms. The lowest BCUT2D eigenvalue weighted by atomic mass is 9.73. The van der Waals surface area contributed by atoms with Crippen molar-refractivity contribution in [2.75, 3.05) is 26.7 Å². The summed E-state index contributed by atoms with van der Waals surface area (Å²) in [5, 5.41) is 8.91. The number of hydrogen-bond donors (Lipinski definition) is 1. The number of nitrogens with zero attached hydrogens (tertiary/aromatic N) is 2. The predicted octanol–water partition coefficient (Wildman–Crippen LogP) is 5.86.